The van der Waals surface area contributed by atoms with Gasteiger partial charge >= 0.3 is 0 Å². The third-order valence-corrected chi connectivity index (χ3v) is 7.88. The van der Waals surface area contributed by atoms with E-state index in [2.05, 4.69) is 15.6 Å². The van der Waals surface area contributed by atoms with Gasteiger partial charge in [0.05, 0.1) is 39.7 Å². The number of rotatable bonds is 6. The molecular formula is C25H28Cl2N8O2. The molecule has 2 saturated carbocycles. The maximum absolute atomic E-state index is 11.7. The van der Waals surface area contributed by atoms with Gasteiger partial charge in [0.15, 0.2) is 5.65 Å². The fourth-order valence-corrected chi connectivity index (χ4v) is 5.94. The lowest BCUT2D eigenvalue weighted by molar-refractivity contribution is -0.122. The van der Waals surface area contributed by atoms with Crippen LogP contribution >= 0.6 is 23.2 Å². The van der Waals surface area contributed by atoms with Crippen LogP contribution in [0.25, 0.3) is 11.2 Å². The maximum Gasteiger partial charge on any atom is 0.224 e. The Kier molecular flexibility index (Phi) is 7.38. The number of hydrogen-bond donors (Lipinski definition) is 4. The number of nitrogens with two attached hydrogens (primary N) is 1. The molecule has 2 aliphatic carbocycles. The summed E-state index contributed by atoms with van der Waals surface area (Å²) in [5, 5.41) is 26.5. The second-order valence-corrected chi connectivity index (χ2v) is 10.6. The number of benzene rings is 1. The molecule has 2 heterocycles. The van der Waals surface area contributed by atoms with E-state index in [0.29, 0.717) is 63.6 Å². The van der Waals surface area contributed by atoms with Gasteiger partial charge in [0.1, 0.15) is 5.52 Å². The Labute approximate surface area is 224 Å². The largest absolute Gasteiger partial charge is 0.393 e. The predicted molar refractivity (Wildman–Crippen MR) is 142 cm³/mol. The number of nitrogens with one attached hydrogen (secondary N) is 2. The lowest BCUT2D eigenvalue weighted by Gasteiger charge is -2.29. The molecule has 2 aliphatic rings. The number of halogens is 2. The fourth-order valence-electron chi connectivity index (χ4n) is 5.36. The van der Waals surface area contributed by atoms with Crippen molar-refractivity contribution in [3.05, 3.63) is 33.9 Å². The Balaban J connectivity index is 1.52. The third kappa shape index (κ3) is 5.44. The number of anilines is 3. The molecule has 0 unspecified atom stereocenters. The Morgan fingerprint density at radius 2 is 1.86 bits per heavy atom. The van der Waals surface area contributed by atoms with Crippen LogP contribution in [0.2, 0.25) is 10.0 Å². The van der Waals surface area contributed by atoms with E-state index in [0.717, 1.165) is 32.1 Å². The molecule has 1 aromatic carbocycles. The minimum absolute atomic E-state index is 0.0123. The van der Waals surface area contributed by atoms with Gasteiger partial charge in [-0.15, -0.1) is 0 Å². The van der Waals surface area contributed by atoms with Crippen LogP contribution in [0.1, 0.15) is 63.0 Å². The van der Waals surface area contributed by atoms with Crippen molar-refractivity contribution in [3.8, 4) is 6.07 Å². The van der Waals surface area contributed by atoms with Crippen molar-refractivity contribution in [2.75, 3.05) is 10.6 Å². The summed E-state index contributed by atoms with van der Waals surface area (Å²) in [5.41, 5.74) is 7.58. The van der Waals surface area contributed by atoms with Crippen molar-refractivity contribution in [1.82, 2.24) is 19.5 Å². The Morgan fingerprint density at radius 3 is 2.51 bits per heavy atom. The van der Waals surface area contributed by atoms with Gasteiger partial charge in [-0.25, -0.2) is 9.97 Å². The SMILES string of the molecule is N#Cc1cc(Cl)c(Nc2nc3cnc(N[C@@H]4CCC[C@H](O)C4)nc3n2[C@H]2CC[C@@H](C(N)=O)CC2)c(Cl)c1. The Morgan fingerprint density at radius 1 is 1.14 bits per heavy atom. The lowest BCUT2D eigenvalue weighted by Crippen LogP contribution is -2.30. The highest BCUT2D eigenvalue weighted by atomic mass is 35.5. The van der Waals surface area contributed by atoms with Gasteiger partial charge in [0.25, 0.3) is 0 Å². The van der Waals surface area contributed by atoms with Crippen LogP contribution in [-0.4, -0.2) is 42.7 Å². The molecule has 0 spiro atoms. The molecule has 2 aromatic heterocycles. The molecule has 3 aromatic rings. The molecule has 37 heavy (non-hydrogen) atoms. The van der Waals surface area contributed by atoms with Gasteiger partial charge in [-0.3, -0.25) is 9.36 Å². The number of aliphatic hydroxyl groups excluding tert-OH is 1. The first-order valence-corrected chi connectivity index (χ1v) is 13.2. The smallest absolute Gasteiger partial charge is 0.224 e. The summed E-state index contributed by atoms with van der Waals surface area (Å²) in [6.07, 6.45) is 7.51. The highest BCUT2D eigenvalue weighted by molar-refractivity contribution is 6.39. The molecule has 0 saturated heterocycles. The summed E-state index contributed by atoms with van der Waals surface area (Å²) in [4.78, 5) is 25.8. The average molecular weight is 543 g/mol. The van der Waals surface area contributed by atoms with Gasteiger partial charge in [0.2, 0.25) is 17.8 Å². The zero-order chi connectivity index (χ0) is 26.1. The molecule has 10 nitrogen and oxygen atoms in total. The van der Waals surface area contributed by atoms with Crippen molar-refractivity contribution in [2.45, 2.75) is 69.6 Å². The van der Waals surface area contributed by atoms with E-state index in [9.17, 15) is 15.2 Å². The lowest BCUT2D eigenvalue weighted by atomic mass is 9.85. The zero-order valence-electron chi connectivity index (χ0n) is 20.1. The number of hydrogen-bond acceptors (Lipinski definition) is 8. The van der Waals surface area contributed by atoms with Gasteiger partial charge in [-0.1, -0.05) is 23.2 Å². The van der Waals surface area contributed by atoms with E-state index < -0.39 is 0 Å². The van der Waals surface area contributed by atoms with Crippen molar-refractivity contribution in [2.24, 2.45) is 11.7 Å². The van der Waals surface area contributed by atoms with Crippen molar-refractivity contribution in [1.29, 1.82) is 5.26 Å². The summed E-state index contributed by atoms with van der Waals surface area (Å²) in [6.45, 7) is 0. The molecule has 2 atom stereocenters. The van der Waals surface area contributed by atoms with Gasteiger partial charge in [-0.2, -0.15) is 10.2 Å². The quantitative estimate of drug-likeness (QED) is 0.349. The standard InChI is InChI=1S/C25H28Cl2N8O2/c26-18-8-13(11-28)9-19(27)21(18)33-25-32-20-12-30-24(31-15-2-1-3-17(36)10-15)34-23(20)35(25)16-6-4-14(5-7-16)22(29)37/h8-9,12,14-17,36H,1-7,10H2,(H2,29,37)(H,32,33)(H,30,31,34)/t14-,15-,16+,17+/m1/s1. The number of nitrogens with zero attached hydrogens (tertiary/aromatic N) is 5. The fraction of sp³-hybridized carbons (Fsp3) is 0.480. The molecular weight excluding hydrogens is 515 g/mol. The summed E-state index contributed by atoms with van der Waals surface area (Å²) >= 11 is 12.9. The predicted octanol–water partition coefficient (Wildman–Crippen LogP) is 4.68. The normalized spacial score (nSPS) is 23.9. The van der Waals surface area contributed by atoms with Gasteiger partial charge in [0, 0.05) is 18.0 Å². The van der Waals surface area contributed by atoms with E-state index in [1.807, 2.05) is 10.6 Å². The number of imidazole rings is 1. The molecule has 2 fully saturated rings. The van der Waals surface area contributed by atoms with Crippen LogP contribution in [0.5, 0.6) is 0 Å². The van der Waals surface area contributed by atoms with Crippen LogP contribution in [0, 0.1) is 17.2 Å². The number of fused-ring (bicyclic) bond motifs is 1. The third-order valence-electron chi connectivity index (χ3n) is 7.28. The van der Waals surface area contributed by atoms with Crippen molar-refractivity contribution < 1.29 is 9.90 Å². The molecule has 12 heteroatoms. The van der Waals surface area contributed by atoms with E-state index in [1.54, 1.807) is 18.3 Å². The van der Waals surface area contributed by atoms with Crippen molar-refractivity contribution >= 4 is 57.9 Å². The number of nitriles is 1. The van der Waals surface area contributed by atoms with Gasteiger partial charge in [-0.05, 0) is 63.5 Å². The first kappa shape index (κ1) is 25.5. The molecule has 1 amide bonds. The van der Waals surface area contributed by atoms with Gasteiger partial charge < -0.3 is 21.5 Å². The molecule has 5 rings (SSSR count). The van der Waals surface area contributed by atoms with Crippen LogP contribution in [-0.2, 0) is 4.79 Å². The number of carbonyl (C=O) groups is 1. The summed E-state index contributed by atoms with van der Waals surface area (Å²) in [7, 11) is 0. The maximum atomic E-state index is 11.7. The first-order chi connectivity index (χ1) is 17.8. The number of amides is 1. The Hall–Kier alpha value is -3.13. The molecule has 194 valence electrons. The number of aliphatic hydroxyl groups is 1. The minimum Gasteiger partial charge on any atom is -0.393 e. The number of aromatic nitrogens is 4. The molecule has 0 bridgehead atoms. The van der Waals surface area contributed by atoms with E-state index >= 15 is 0 Å². The Bertz CT molecular complexity index is 1340. The topological polar surface area (TPSA) is 155 Å². The van der Waals surface area contributed by atoms with Crippen LogP contribution in [0.15, 0.2) is 18.3 Å². The van der Waals surface area contributed by atoms with Crippen LogP contribution < -0.4 is 16.4 Å². The monoisotopic (exact) mass is 542 g/mol. The summed E-state index contributed by atoms with van der Waals surface area (Å²) < 4.78 is 2.01. The second-order valence-electron chi connectivity index (χ2n) is 9.83. The highest BCUT2D eigenvalue weighted by Crippen LogP contribution is 2.39. The minimum atomic E-state index is -0.321. The number of carbonyl (C=O) groups excluding carboxylic acids is 1. The van der Waals surface area contributed by atoms with Crippen molar-refractivity contribution in [3.63, 3.8) is 0 Å². The van der Waals surface area contributed by atoms with E-state index in [1.165, 1.54) is 0 Å². The highest BCUT2D eigenvalue weighted by Gasteiger charge is 2.30. The second kappa shape index (κ2) is 10.7. The zero-order valence-corrected chi connectivity index (χ0v) is 21.6. The molecule has 0 radical (unpaired) electrons. The summed E-state index contributed by atoms with van der Waals surface area (Å²) in [6, 6.07) is 5.24. The average Bonchev–Trinajstić information content (AvgIpc) is 3.23. The number of primary amides is 1. The molecule has 0 aliphatic heterocycles. The first-order valence-electron chi connectivity index (χ1n) is 12.5. The van der Waals surface area contributed by atoms with E-state index in [-0.39, 0.29) is 30.0 Å². The van der Waals surface area contributed by atoms with Crippen LogP contribution in [0.4, 0.5) is 17.6 Å². The van der Waals surface area contributed by atoms with E-state index in [4.69, 9.17) is 38.9 Å². The summed E-state index contributed by atoms with van der Waals surface area (Å²) in [5.74, 6) is 0.548. The molecule has 5 N–H and O–H groups in total. The van der Waals surface area contributed by atoms with Crippen LogP contribution in [0.3, 0.4) is 0 Å².